The van der Waals surface area contributed by atoms with Crippen LogP contribution in [0.15, 0.2) is 18.2 Å². The van der Waals surface area contributed by atoms with Gasteiger partial charge >= 0.3 is 0 Å². The van der Waals surface area contributed by atoms with Crippen LogP contribution >= 0.6 is 11.6 Å². The Bertz CT molecular complexity index is 489. The normalized spacial score (nSPS) is 24.1. The minimum absolute atomic E-state index is 0.564. The molecule has 4 nitrogen and oxygen atoms in total. The smallest absolute Gasteiger partial charge is 0.152 e. The lowest BCUT2D eigenvalue weighted by molar-refractivity contribution is 0.0209. The van der Waals surface area contributed by atoms with Crippen LogP contribution in [0, 0.1) is 0 Å². The summed E-state index contributed by atoms with van der Waals surface area (Å²) in [6, 6.07) is 6.11. The number of ether oxygens (including phenoxy) is 1. The first kappa shape index (κ1) is 13.9. The zero-order valence-corrected chi connectivity index (χ0v) is 12.2. The van der Waals surface area contributed by atoms with Gasteiger partial charge in [0.25, 0.3) is 0 Å². The number of rotatable bonds is 3. The molecular weight excluding hydrogens is 276 g/mol. The predicted octanol–water partition coefficient (Wildman–Crippen LogP) is 2.06. The molecule has 2 fully saturated rings. The van der Waals surface area contributed by atoms with E-state index in [0.717, 1.165) is 57.8 Å². The van der Waals surface area contributed by atoms with Crippen molar-refractivity contribution in [2.24, 2.45) is 0 Å². The van der Waals surface area contributed by atoms with E-state index >= 15 is 0 Å². The van der Waals surface area contributed by atoms with Crippen molar-refractivity contribution in [3.63, 3.8) is 0 Å². The van der Waals surface area contributed by atoms with Gasteiger partial charge in [0.1, 0.15) is 0 Å². The summed E-state index contributed by atoms with van der Waals surface area (Å²) in [5, 5.41) is 0.611. The number of nitrogens with zero attached hydrogens (tertiary/aromatic N) is 2. The first-order valence-corrected chi connectivity index (χ1v) is 7.47. The quantitative estimate of drug-likeness (QED) is 0.799. The Morgan fingerprint density at radius 2 is 2.05 bits per heavy atom. The first-order valence-electron chi connectivity index (χ1n) is 7.09. The Labute approximate surface area is 124 Å². The molecule has 2 heterocycles. The minimum atomic E-state index is 0.564. The van der Waals surface area contributed by atoms with Crippen LogP contribution in [0.5, 0.6) is 0 Å². The summed E-state index contributed by atoms with van der Waals surface area (Å²) in [7, 11) is 0. The van der Waals surface area contributed by atoms with Gasteiger partial charge in [-0.1, -0.05) is 11.6 Å². The molecule has 0 N–H and O–H groups in total. The lowest BCUT2D eigenvalue weighted by atomic mass is 10.2. The number of anilines is 1. The molecule has 1 atom stereocenters. The number of morpholine rings is 1. The lowest BCUT2D eigenvalue weighted by Gasteiger charge is -2.32. The fourth-order valence-electron chi connectivity index (χ4n) is 3.11. The number of halogens is 1. The van der Waals surface area contributed by atoms with Crippen LogP contribution in [0.4, 0.5) is 5.69 Å². The fourth-order valence-corrected chi connectivity index (χ4v) is 3.29. The van der Waals surface area contributed by atoms with E-state index in [2.05, 4.69) is 9.80 Å². The molecular formula is C15H19ClN2O2. The van der Waals surface area contributed by atoms with Crippen LogP contribution in [-0.2, 0) is 4.74 Å². The molecule has 0 saturated carbocycles. The van der Waals surface area contributed by atoms with Gasteiger partial charge in [0.15, 0.2) is 6.29 Å². The van der Waals surface area contributed by atoms with Crippen molar-refractivity contribution in [2.75, 3.05) is 44.3 Å². The van der Waals surface area contributed by atoms with Gasteiger partial charge < -0.3 is 9.64 Å². The molecule has 1 aromatic carbocycles. The Morgan fingerprint density at radius 3 is 2.80 bits per heavy atom. The van der Waals surface area contributed by atoms with Crippen molar-refractivity contribution in [2.45, 2.75) is 12.5 Å². The number of aldehydes is 1. The highest BCUT2D eigenvalue weighted by Crippen LogP contribution is 2.28. The predicted molar refractivity (Wildman–Crippen MR) is 79.8 cm³/mol. The monoisotopic (exact) mass is 294 g/mol. The van der Waals surface area contributed by atoms with Crippen LogP contribution in [0.25, 0.3) is 0 Å². The summed E-state index contributed by atoms with van der Waals surface area (Å²) in [5.74, 6) is 0. The van der Waals surface area contributed by atoms with Gasteiger partial charge in [-0.2, -0.15) is 0 Å². The molecule has 0 aromatic heterocycles. The third-order valence-electron chi connectivity index (χ3n) is 4.18. The number of hydrogen-bond acceptors (Lipinski definition) is 4. The summed E-state index contributed by atoms with van der Waals surface area (Å²) in [6.45, 7) is 5.65. The molecule has 108 valence electrons. The molecule has 5 heteroatoms. The number of carbonyl (C=O) groups is 1. The average Bonchev–Trinajstić information content (AvgIpc) is 2.97. The van der Waals surface area contributed by atoms with E-state index in [-0.39, 0.29) is 0 Å². The maximum absolute atomic E-state index is 11.2. The Hall–Kier alpha value is -1.10. The number of hydrogen-bond donors (Lipinski definition) is 0. The molecule has 0 aliphatic carbocycles. The van der Waals surface area contributed by atoms with Crippen molar-refractivity contribution in [1.82, 2.24) is 4.90 Å². The SMILES string of the molecule is O=Cc1cc(Cl)ccc1N1CCC(N2CCOCC2)C1. The standard InChI is InChI=1S/C15H19ClN2O2/c16-13-1-2-15(12(9-13)11-19)18-4-3-14(10-18)17-5-7-20-8-6-17/h1-2,9,11,14H,3-8,10H2. The van der Waals surface area contributed by atoms with Crippen molar-refractivity contribution >= 4 is 23.6 Å². The van der Waals surface area contributed by atoms with Gasteiger partial charge in [-0.15, -0.1) is 0 Å². The zero-order valence-electron chi connectivity index (χ0n) is 11.4. The summed E-state index contributed by atoms with van der Waals surface area (Å²) in [6.07, 6.45) is 2.03. The summed E-state index contributed by atoms with van der Waals surface area (Å²) in [4.78, 5) is 16.0. The van der Waals surface area contributed by atoms with E-state index in [4.69, 9.17) is 16.3 Å². The van der Waals surface area contributed by atoms with Crippen LogP contribution in [-0.4, -0.2) is 56.6 Å². The second kappa shape index (κ2) is 6.12. The second-order valence-electron chi connectivity index (χ2n) is 5.36. The highest BCUT2D eigenvalue weighted by Gasteiger charge is 2.29. The van der Waals surface area contributed by atoms with E-state index in [0.29, 0.717) is 16.6 Å². The molecule has 20 heavy (non-hydrogen) atoms. The number of benzene rings is 1. The van der Waals surface area contributed by atoms with E-state index in [1.165, 1.54) is 0 Å². The van der Waals surface area contributed by atoms with E-state index in [1.807, 2.05) is 12.1 Å². The molecule has 2 aliphatic heterocycles. The first-order chi connectivity index (χ1) is 9.78. The van der Waals surface area contributed by atoms with Crippen molar-refractivity contribution < 1.29 is 9.53 Å². The molecule has 2 aliphatic rings. The minimum Gasteiger partial charge on any atom is -0.379 e. The molecule has 0 radical (unpaired) electrons. The van der Waals surface area contributed by atoms with Crippen LogP contribution in [0.2, 0.25) is 5.02 Å². The maximum Gasteiger partial charge on any atom is 0.152 e. The van der Waals surface area contributed by atoms with Crippen molar-refractivity contribution in [1.29, 1.82) is 0 Å². The van der Waals surface area contributed by atoms with Gasteiger partial charge in [0.05, 0.1) is 13.2 Å². The maximum atomic E-state index is 11.2. The van der Waals surface area contributed by atoms with E-state index in [9.17, 15) is 4.79 Å². The molecule has 1 aromatic rings. The molecule has 0 bridgehead atoms. The summed E-state index contributed by atoms with van der Waals surface area (Å²) in [5.41, 5.74) is 1.68. The van der Waals surface area contributed by atoms with Crippen LogP contribution < -0.4 is 4.90 Å². The van der Waals surface area contributed by atoms with Gasteiger partial charge in [-0.05, 0) is 24.6 Å². The average molecular weight is 295 g/mol. The van der Waals surface area contributed by atoms with Gasteiger partial charge in [-0.25, -0.2) is 0 Å². The molecule has 2 saturated heterocycles. The lowest BCUT2D eigenvalue weighted by Crippen LogP contribution is -2.44. The third kappa shape index (κ3) is 2.82. The van der Waals surface area contributed by atoms with E-state index < -0.39 is 0 Å². The van der Waals surface area contributed by atoms with Gasteiger partial charge in [-0.3, -0.25) is 9.69 Å². The molecule has 0 spiro atoms. The summed E-state index contributed by atoms with van der Waals surface area (Å²) >= 11 is 5.95. The van der Waals surface area contributed by atoms with Crippen molar-refractivity contribution in [3.8, 4) is 0 Å². The molecule has 3 rings (SSSR count). The molecule has 0 amide bonds. The topological polar surface area (TPSA) is 32.8 Å². The Balaban J connectivity index is 1.71. The van der Waals surface area contributed by atoms with Gasteiger partial charge in [0, 0.05) is 48.5 Å². The number of carbonyl (C=O) groups excluding carboxylic acids is 1. The van der Waals surface area contributed by atoms with Crippen molar-refractivity contribution in [3.05, 3.63) is 28.8 Å². The molecule has 1 unspecified atom stereocenters. The highest BCUT2D eigenvalue weighted by molar-refractivity contribution is 6.31. The fraction of sp³-hybridized carbons (Fsp3) is 0.533. The largest absolute Gasteiger partial charge is 0.379 e. The highest BCUT2D eigenvalue weighted by atomic mass is 35.5. The Kier molecular flexibility index (Phi) is 4.24. The summed E-state index contributed by atoms with van der Waals surface area (Å²) < 4.78 is 5.40. The van der Waals surface area contributed by atoms with Crippen LogP contribution in [0.1, 0.15) is 16.8 Å². The second-order valence-corrected chi connectivity index (χ2v) is 5.79. The van der Waals surface area contributed by atoms with Crippen LogP contribution in [0.3, 0.4) is 0 Å². The Morgan fingerprint density at radius 1 is 1.25 bits per heavy atom. The van der Waals surface area contributed by atoms with Gasteiger partial charge in [0.2, 0.25) is 0 Å². The zero-order chi connectivity index (χ0) is 13.9. The van der Waals surface area contributed by atoms with E-state index in [1.54, 1.807) is 6.07 Å². The third-order valence-corrected chi connectivity index (χ3v) is 4.42.